The van der Waals surface area contributed by atoms with Crippen LogP contribution in [0.1, 0.15) is 25.8 Å². The number of nitrogens with one attached hydrogen (secondary N) is 2. The van der Waals surface area contributed by atoms with E-state index in [-0.39, 0.29) is 23.4 Å². The highest BCUT2D eigenvalue weighted by molar-refractivity contribution is 5.97. The summed E-state index contributed by atoms with van der Waals surface area (Å²) < 4.78 is 13.8. The fraction of sp³-hybridized carbons (Fsp3) is 0.385. The van der Waals surface area contributed by atoms with Gasteiger partial charge in [-0.05, 0) is 24.1 Å². The maximum absolute atomic E-state index is 13.8. The Bertz CT molecular complexity index is 512. The molecule has 1 heterocycles. The van der Waals surface area contributed by atoms with Crippen molar-refractivity contribution in [2.24, 2.45) is 5.92 Å². The van der Waals surface area contributed by atoms with Crippen LogP contribution in [0.5, 0.6) is 0 Å². The molecule has 0 bridgehead atoms. The lowest BCUT2D eigenvalue weighted by molar-refractivity contribution is -0.119. The summed E-state index contributed by atoms with van der Waals surface area (Å²) in [6, 6.07) is 2.84. The van der Waals surface area contributed by atoms with E-state index in [1.165, 1.54) is 12.1 Å². The van der Waals surface area contributed by atoms with Crippen LogP contribution < -0.4 is 10.6 Å². The van der Waals surface area contributed by atoms with Gasteiger partial charge in [0.1, 0.15) is 5.82 Å². The number of hydrogen-bond acceptors (Lipinski definition) is 2. The molecule has 0 spiro atoms. The van der Waals surface area contributed by atoms with Gasteiger partial charge in [-0.2, -0.15) is 0 Å². The number of halogens is 1. The van der Waals surface area contributed by atoms with Crippen molar-refractivity contribution in [3.05, 3.63) is 23.5 Å². The molecule has 1 aliphatic rings. The van der Waals surface area contributed by atoms with Gasteiger partial charge >= 0.3 is 0 Å². The number of amides is 2. The Balaban J connectivity index is 2.29. The smallest absolute Gasteiger partial charge is 0.227 e. The molecule has 96 valence electrons. The lowest BCUT2D eigenvalue weighted by atomic mass is 10.0. The summed E-state index contributed by atoms with van der Waals surface area (Å²) in [6.45, 7) is 3.46. The Labute approximate surface area is 105 Å². The lowest BCUT2D eigenvalue weighted by Gasteiger charge is -2.18. The van der Waals surface area contributed by atoms with Crippen molar-refractivity contribution in [1.29, 1.82) is 0 Å². The molecule has 2 amide bonds. The van der Waals surface area contributed by atoms with E-state index >= 15 is 0 Å². The Morgan fingerprint density at radius 3 is 2.78 bits per heavy atom. The van der Waals surface area contributed by atoms with E-state index in [0.29, 0.717) is 18.5 Å². The zero-order valence-electron chi connectivity index (χ0n) is 10.3. The first-order valence-corrected chi connectivity index (χ1v) is 5.90. The number of anilines is 2. The maximum Gasteiger partial charge on any atom is 0.227 e. The van der Waals surface area contributed by atoms with Crippen LogP contribution in [0.15, 0.2) is 12.1 Å². The predicted octanol–water partition coefficient (Wildman–Crippen LogP) is 2.30. The maximum atomic E-state index is 13.8. The Morgan fingerprint density at radius 1 is 1.39 bits per heavy atom. The zero-order valence-corrected chi connectivity index (χ0v) is 10.3. The molecule has 0 saturated carbocycles. The third kappa shape index (κ3) is 2.50. The van der Waals surface area contributed by atoms with E-state index in [1.807, 2.05) is 0 Å². The van der Waals surface area contributed by atoms with Gasteiger partial charge in [-0.15, -0.1) is 0 Å². The molecule has 0 aliphatic carbocycles. The fourth-order valence-corrected chi connectivity index (χ4v) is 1.77. The van der Waals surface area contributed by atoms with Crippen LogP contribution in [-0.4, -0.2) is 11.8 Å². The summed E-state index contributed by atoms with van der Waals surface area (Å²) >= 11 is 0. The highest BCUT2D eigenvalue weighted by Crippen LogP contribution is 2.28. The molecular formula is C13H15FN2O2. The van der Waals surface area contributed by atoms with Crippen LogP contribution in [0.4, 0.5) is 15.8 Å². The summed E-state index contributed by atoms with van der Waals surface area (Å²) in [5.74, 6) is -1.04. The third-order valence-electron chi connectivity index (χ3n) is 2.87. The van der Waals surface area contributed by atoms with Crippen molar-refractivity contribution < 1.29 is 14.0 Å². The number of aryl methyl sites for hydroxylation is 1. The molecule has 0 aromatic heterocycles. The van der Waals surface area contributed by atoms with Gasteiger partial charge in [0.2, 0.25) is 11.8 Å². The van der Waals surface area contributed by atoms with Gasteiger partial charge in [0.15, 0.2) is 0 Å². The molecule has 0 fully saturated rings. The van der Waals surface area contributed by atoms with Gasteiger partial charge in [0.05, 0.1) is 5.69 Å². The van der Waals surface area contributed by atoms with Crippen LogP contribution in [0, 0.1) is 11.7 Å². The Morgan fingerprint density at radius 2 is 2.11 bits per heavy atom. The number of carbonyl (C=O) groups excluding carboxylic acids is 2. The molecule has 1 aromatic rings. The summed E-state index contributed by atoms with van der Waals surface area (Å²) in [6.07, 6.45) is 0.890. The Kier molecular flexibility index (Phi) is 3.32. The number of carbonyl (C=O) groups is 2. The van der Waals surface area contributed by atoms with Gasteiger partial charge in [-0.1, -0.05) is 13.8 Å². The summed E-state index contributed by atoms with van der Waals surface area (Å²) in [7, 11) is 0. The van der Waals surface area contributed by atoms with E-state index < -0.39 is 5.82 Å². The number of benzene rings is 1. The predicted molar refractivity (Wildman–Crippen MR) is 66.8 cm³/mol. The molecule has 18 heavy (non-hydrogen) atoms. The van der Waals surface area contributed by atoms with Gasteiger partial charge < -0.3 is 10.6 Å². The van der Waals surface area contributed by atoms with Crippen LogP contribution >= 0.6 is 0 Å². The normalized spacial score (nSPS) is 14.1. The van der Waals surface area contributed by atoms with E-state index in [9.17, 15) is 14.0 Å². The van der Waals surface area contributed by atoms with Gasteiger partial charge in [0, 0.05) is 18.0 Å². The van der Waals surface area contributed by atoms with Crippen molar-refractivity contribution in [2.75, 3.05) is 10.6 Å². The second-order valence-corrected chi connectivity index (χ2v) is 4.68. The quantitative estimate of drug-likeness (QED) is 0.846. The van der Waals surface area contributed by atoms with Crippen molar-refractivity contribution in [3.8, 4) is 0 Å². The van der Waals surface area contributed by atoms with Gasteiger partial charge in [-0.3, -0.25) is 9.59 Å². The molecule has 0 atom stereocenters. The monoisotopic (exact) mass is 250 g/mol. The number of fused-ring (bicyclic) bond motifs is 1. The molecule has 2 N–H and O–H groups in total. The van der Waals surface area contributed by atoms with Crippen LogP contribution in [-0.2, 0) is 16.0 Å². The minimum Gasteiger partial charge on any atom is -0.326 e. The largest absolute Gasteiger partial charge is 0.326 e. The first kappa shape index (κ1) is 12.5. The molecule has 0 unspecified atom stereocenters. The van der Waals surface area contributed by atoms with Gasteiger partial charge in [0.25, 0.3) is 0 Å². The van der Waals surface area contributed by atoms with E-state index in [4.69, 9.17) is 0 Å². The topological polar surface area (TPSA) is 58.2 Å². The van der Waals surface area contributed by atoms with Crippen LogP contribution in [0.3, 0.4) is 0 Å². The second kappa shape index (κ2) is 4.76. The lowest BCUT2D eigenvalue weighted by Crippen LogP contribution is -2.21. The van der Waals surface area contributed by atoms with Crippen molar-refractivity contribution in [3.63, 3.8) is 0 Å². The average molecular weight is 250 g/mol. The Hall–Kier alpha value is -1.91. The standard InChI is InChI=1S/C13H15FN2O2/c1-7(2)13(18)16-11-6-10-8(5-9(11)14)3-4-12(17)15-10/h5-7H,3-4H2,1-2H3,(H,15,17)(H,16,18). The second-order valence-electron chi connectivity index (χ2n) is 4.68. The number of hydrogen-bond donors (Lipinski definition) is 2. The molecular weight excluding hydrogens is 235 g/mol. The van der Waals surface area contributed by atoms with Crippen molar-refractivity contribution >= 4 is 23.2 Å². The minimum absolute atomic E-state index is 0.0877. The van der Waals surface area contributed by atoms with E-state index in [1.54, 1.807) is 13.8 Å². The van der Waals surface area contributed by atoms with E-state index in [2.05, 4.69) is 10.6 Å². The molecule has 1 aromatic carbocycles. The molecule has 0 radical (unpaired) electrons. The minimum atomic E-state index is -0.473. The molecule has 5 heteroatoms. The third-order valence-corrected chi connectivity index (χ3v) is 2.87. The first-order chi connectivity index (χ1) is 8.47. The average Bonchev–Trinajstić information content (AvgIpc) is 2.30. The summed E-state index contributed by atoms with van der Waals surface area (Å²) in [5, 5.41) is 5.18. The zero-order chi connectivity index (χ0) is 13.3. The summed E-state index contributed by atoms with van der Waals surface area (Å²) in [4.78, 5) is 22.8. The van der Waals surface area contributed by atoms with Crippen molar-refractivity contribution in [2.45, 2.75) is 26.7 Å². The van der Waals surface area contributed by atoms with Crippen LogP contribution in [0.25, 0.3) is 0 Å². The van der Waals surface area contributed by atoms with Crippen LogP contribution in [0.2, 0.25) is 0 Å². The van der Waals surface area contributed by atoms with Crippen molar-refractivity contribution in [1.82, 2.24) is 0 Å². The molecule has 1 aliphatic heterocycles. The first-order valence-electron chi connectivity index (χ1n) is 5.90. The highest BCUT2D eigenvalue weighted by Gasteiger charge is 2.18. The molecule has 2 rings (SSSR count). The fourth-order valence-electron chi connectivity index (χ4n) is 1.77. The summed E-state index contributed by atoms with van der Waals surface area (Å²) in [5.41, 5.74) is 1.44. The molecule has 0 saturated heterocycles. The number of rotatable bonds is 2. The van der Waals surface area contributed by atoms with Gasteiger partial charge in [-0.25, -0.2) is 4.39 Å². The highest BCUT2D eigenvalue weighted by atomic mass is 19.1. The van der Waals surface area contributed by atoms with E-state index in [0.717, 1.165) is 5.56 Å². The molecule has 4 nitrogen and oxygen atoms in total. The SMILES string of the molecule is CC(C)C(=O)Nc1cc2c(cc1F)CCC(=O)N2.